The van der Waals surface area contributed by atoms with Crippen molar-refractivity contribution >= 4 is 10.0 Å². The van der Waals surface area contributed by atoms with E-state index in [4.69, 9.17) is 0 Å². The zero-order chi connectivity index (χ0) is 9.73. The second-order valence-corrected chi connectivity index (χ2v) is 5.49. The molecule has 1 fully saturated rings. The predicted molar refractivity (Wildman–Crippen MR) is 53.1 cm³/mol. The van der Waals surface area contributed by atoms with E-state index in [1.54, 1.807) is 7.05 Å². The van der Waals surface area contributed by atoms with Crippen molar-refractivity contribution in [1.29, 1.82) is 0 Å². The van der Waals surface area contributed by atoms with Crippen LogP contribution in [0.4, 0.5) is 0 Å². The van der Waals surface area contributed by atoms with Crippen LogP contribution in [0.25, 0.3) is 0 Å². The molecule has 1 aliphatic carbocycles. The molecule has 1 saturated carbocycles. The van der Waals surface area contributed by atoms with Crippen LogP contribution in [-0.2, 0) is 10.0 Å². The van der Waals surface area contributed by atoms with E-state index in [9.17, 15) is 8.42 Å². The van der Waals surface area contributed by atoms with Crippen molar-refractivity contribution in [1.82, 2.24) is 10.0 Å². The molecule has 5 heteroatoms. The van der Waals surface area contributed by atoms with Crippen molar-refractivity contribution in [3.8, 4) is 0 Å². The first-order chi connectivity index (χ1) is 6.14. The third-order valence-corrected chi connectivity index (χ3v) is 3.79. The van der Waals surface area contributed by atoms with Crippen molar-refractivity contribution in [3.05, 3.63) is 0 Å². The topological polar surface area (TPSA) is 58.2 Å². The average molecular weight is 206 g/mol. The first-order valence-electron chi connectivity index (χ1n) is 4.76. The van der Waals surface area contributed by atoms with Crippen molar-refractivity contribution in [2.75, 3.05) is 25.9 Å². The van der Waals surface area contributed by atoms with Crippen LogP contribution in [0.1, 0.15) is 19.3 Å². The van der Waals surface area contributed by atoms with E-state index in [2.05, 4.69) is 10.0 Å². The molecule has 0 aliphatic heterocycles. The molecule has 0 spiro atoms. The Morgan fingerprint density at radius 1 is 1.38 bits per heavy atom. The van der Waals surface area contributed by atoms with Crippen LogP contribution < -0.4 is 10.0 Å². The molecule has 2 N–H and O–H groups in total. The lowest BCUT2D eigenvalue weighted by Crippen LogP contribution is -2.35. The van der Waals surface area contributed by atoms with Crippen molar-refractivity contribution in [3.63, 3.8) is 0 Å². The third-order valence-electron chi connectivity index (χ3n) is 2.44. The van der Waals surface area contributed by atoms with Gasteiger partial charge in [0.15, 0.2) is 0 Å². The molecule has 1 rings (SSSR count). The summed E-state index contributed by atoms with van der Waals surface area (Å²) in [6.07, 6.45) is 3.60. The molecule has 0 atom stereocenters. The highest BCUT2D eigenvalue weighted by atomic mass is 32.2. The Kier molecular flexibility index (Phi) is 4.15. The van der Waals surface area contributed by atoms with E-state index in [-0.39, 0.29) is 5.75 Å². The molecule has 4 nitrogen and oxygen atoms in total. The fraction of sp³-hybridized carbons (Fsp3) is 1.00. The summed E-state index contributed by atoms with van der Waals surface area (Å²) in [7, 11) is -1.28. The van der Waals surface area contributed by atoms with E-state index < -0.39 is 10.0 Å². The third kappa shape index (κ3) is 4.06. The molecule has 0 aromatic rings. The number of nitrogens with one attached hydrogen (secondary N) is 2. The zero-order valence-corrected chi connectivity index (χ0v) is 8.86. The minimum atomic E-state index is -3.03. The Labute approximate surface area is 80.1 Å². The van der Waals surface area contributed by atoms with E-state index in [0.29, 0.717) is 19.0 Å². The average Bonchev–Trinajstić information content (AvgIpc) is 1.98. The Bertz CT molecular complexity index is 235. The first kappa shape index (κ1) is 10.9. The fourth-order valence-electron chi connectivity index (χ4n) is 1.25. The Balaban J connectivity index is 2.17. The summed E-state index contributed by atoms with van der Waals surface area (Å²) < 4.78 is 25.2. The second kappa shape index (κ2) is 4.93. The molecular weight excluding hydrogens is 188 g/mol. The van der Waals surface area contributed by atoms with Gasteiger partial charge in [-0.1, -0.05) is 6.42 Å². The van der Waals surface area contributed by atoms with E-state index in [1.165, 1.54) is 19.3 Å². The molecule has 1 aliphatic rings. The quantitative estimate of drug-likeness (QED) is 0.639. The molecule has 0 aromatic heterocycles. The Hall–Kier alpha value is -0.130. The van der Waals surface area contributed by atoms with Crippen LogP contribution >= 0.6 is 0 Å². The maximum Gasteiger partial charge on any atom is 0.212 e. The number of hydrogen-bond acceptors (Lipinski definition) is 3. The molecule has 0 heterocycles. The predicted octanol–water partition coefficient (Wildman–Crippen LogP) is -0.0747. The van der Waals surface area contributed by atoms with Gasteiger partial charge in [-0.2, -0.15) is 0 Å². The van der Waals surface area contributed by atoms with Gasteiger partial charge in [0.2, 0.25) is 10.0 Å². The second-order valence-electron chi connectivity index (χ2n) is 3.57. The Morgan fingerprint density at radius 2 is 2.08 bits per heavy atom. The lowest BCUT2D eigenvalue weighted by Gasteiger charge is -2.25. The summed E-state index contributed by atoms with van der Waals surface area (Å²) in [5, 5.41) is 2.82. The first-order valence-corrected chi connectivity index (χ1v) is 6.41. The van der Waals surface area contributed by atoms with Gasteiger partial charge in [0, 0.05) is 13.1 Å². The van der Waals surface area contributed by atoms with Gasteiger partial charge in [-0.05, 0) is 25.8 Å². The van der Waals surface area contributed by atoms with Crippen LogP contribution in [-0.4, -0.2) is 34.3 Å². The van der Waals surface area contributed by atoms with Gasteiger partial charge < -0.3 is 5.32 Å². The van der Waals surface area contributed by atoms with E-state index in [0.717, 1.165) is 0 Å². The van der Waals surface area contributed by atoms with Gasteiger partial charge in [-0.3, -0.25) is 0 Å². The molecule has 0 bridgehead atoms. The lowest BCUT2D eigenvalue weighted by atomic mass is 9.86. The highest BCUT2D eigenvalue weighted by Gasteiger charge is 2.19. The van der Waals surface area contributed by atoms with E-state index >= 15 is 0 Å². The molecular formula is C8H18N2O2S. The van der Waals surface area contributed by atoms with Gasteiger partial charge in [0.05, 0.1) is 5.75 Å². The van der Waals surface area contributed by atoms with Crippen LogP contribution in [0, 0.1) is 5.92 Å². The summed E-state index contributed by atoms with van der Waals surface area (Å²) in [5.74, 6) is 0.764. The molecule has 0 unspecified atom stereocenters. The highest BCUT2D eigenvalue weighted by molar-refractivity contribution is 7.89. The minimum Gasteiger partial charge on any atom is -0.319 e. The minimum absolute atomic E-state index is 0.177. The van der Waals surface area contributed by atoms with E-state index in [1.807, 2.05) is 0 Å². The Morgan fingerprint density at radius 3 is 2.54 bits per heavy atom. The van der Waals surface area contributed by atoms with Crippen LogP contribution in [0.2, 0.25) is 0 Å². The number of rotatable bonds is 6. The monoisotopic (exact) mass is 206 g/mol. The zero-order valence-electron chi connectivity index (χ0n) is 8.04. The van der Waals surface area contributed by atoms with Gasteiger partial charge in [0.25, 0.3) is 0 Å². The van der Waals surface area contributed by atoms with Crippen molar-refractivity contribution in [2.45, 2.75) is 19.3 Å². The van der Waals surface area contributed by atoms with Crippen molar-refractivity contribution < 1.29 is 8.42 Å². The smallest absolute Gasteiger partial charge is 0.212 e. The summed E-state index contributed by atoms with van der Waals surface area (Å²) >= 11 is 0. The summed E-state index contributed by atoms with van der Waals surface area (Å²) in [5.41, 5.74) is 0. The molecule has 0 saturated heterocycles. The number of hydrogen-bond donors (Lipinski definition) is 2. The maximum absolute atomic E-state index is 11.3. The number of sulfonamides is 1. The summed E-state index contributed by atoms with van der Waals surface area (Å²) in [6, 6.07) is 0. The SMILES string of the molecule is CNCCS(=O)(=O)NCC1CCC1. The van der Waals surface area contributed by atoms with Gasteiger partial charge in [-0.15, -0.1) is 0 Å². The standard InChI is InChI=1S/C8H18N2O2S/c1-9-5-6-13(11,12)10-7-8-3-2-4-8/h8-10H,2-7H2,1H3. The van der Waals surface area contributed by atoms with Gasteiger partial charge >= 0.3 is 0 Å². The molecule has 0 amide bonds. The molecule has 0 aromatic carbocycles. The van der Waals surface area contributed by atoms with Crippen LogP contribution in [0.3, 0.4) is 0 Å². The van der Waals surface area contributed by atoms with Gasteiger partial charge in [-0.25, -0.2) is 13.1 Å². The molecule has 13 heavy (non-hydrogen) atoms. The summed E-state index contributed by atoms with van der Waals surface area (Å²) in [6.45, 7) is 1.14. The van der Waals surface area contributed by atoms with Crippen LogP contribution in [0.5, 0.6) is 0 Å². The normalized spacial score (nSPS) is 18.5. The molecule has 78 valence electrons. The highest BCUT2D eigenvalue weighted by Crippen LogP contribution is 2.25. The van der Waals surface area contributed by atoms with Crippen molar-refractivity contribution in [2.24, 2.45) is 5.92 Å². The lowest BCUT2D eigenvalue weighted by molar-refractivity contribution is 0.316. The maximum atomic E-state index is 11.3. The van der Waals surface area contributed by atoms with Gasteiger partial charge in [0.1, 0.15) is 0 Å². The fourth-order valence-corrected chi connectivity index (χ4v) is 2.36. The largest absolute Gasteiger partial charge is 0.319 e. The molecule has 0 radical (unpaired) electrons. The summed E-state index contributed by atoms with van der Waals surface area (Å²) in [4.78, 5) is 0. The van der Waals surface area contributed by atoms with Crippen LogP contribution in [0.15, 0.2) is 0 Å².